The number of aryl methyl sites for hydroxylation is 2. The molecule has 0 atom stereocenters. The summed E-state index contributed by atoms with van der Waals surface area (Å²) in [7, 11) is 0. The molecule has 0 fully saturated rings. The molecule has 1 heterocycles. The second kappa shape index (κ2) is 8.69. The highest BCUT2D eigenvalue weighted by Crippen LogP contribution is 1.96. The second-order valence-electron chi connectivity index (χ2n) is 2.82. The summed E-state index contributed by atoms with van der Waals surface area (Å²) >= 11 is 0. The molecule has 0 aromatic carbocycles. The van der Waals surface area contributed by atoms with Crippen molar-refractivity contribution >= 4 is 0 Å². The third-order valence-corrected chi connectivity index (χ3v) is 1.79. The first-order chi connectivity index (χ1) is 6.86. The molecule has 14 heavy (non-hydrogen) atoms. The average molecular weight is 198 g/mol. The van der Waals surface area contributed by atoms with Crippen LogP contribution >= 0.6 is 0 Å². The molecular formula is C10H22N4. The molecule has 1 aromatic rings. The van der Waals surface area contributed by atoms with Gasteiger partial charge in [-0.1, -0.05) is 26.0 Å². The SMILES string of the molecule is CC.CCc1cn(CCCCN)nn1. The van der Waals surface area contributed by atoms with Gasteiger partial charge in [-0.3, -0.25) is 4.68 Å². The zero-order chi connectivity index (χ0) is 10.8. The van der Waals surface area contributed by atoms with Gasteiger partial charge in [0, 0.05) is 12.7 Å². The van der Waals surface area contributed by atoms with Gasteiger partial charge in [0.15, 0.2) is 0 Å². The Morgan fingerprint density at radius 2 is 2.07 bits per heavy atom. The van der Waals surface area contributed by atoms with E-state index in [-0.39, 0.29) is 0 Å². The van der Waals surface area contributed by atoms with Crippen molar-refractivity contribution in [3.63, 3.8) is 0 Å². The lowest BCUT2D eigenvalue weighted by molar-refractivity contribution is 0.544. The molecule has 4 heteroatoms. The highest BCUT2D eigenvalue weighted by atomic mass is 15.4. The third-order valence-electron chi connectivity index (χ3n) is 1.79. The van der Waals surface area contributed by atoms with Crippen LogP contribution in [0.1, 0.15) is 39.3 Å². The van der Waals surface area contributed by atoms with Gasteiger partial charge in [0.25, 0.3) is 0 Å². The fraction of sp³-hybridized carbons (Fsp3) is 0.800. The molecule has 0 bridgehead atoms. The van der Waals surface area contributed by atoms with Gasteiger partial charge < -0.3 is 5.73 Å². The number of aromatic nitrogens is 3. The zero-order valence-electron chi connectivity index (χ0n) is 9.53. The number of nitrogens with zero attached hydrogens (tertiary/aromatic N) is 3. The van der Waals surface area contributed by atoms with Crippen LogP contribution < -0.4 is 5.73 Å². The molecule has 0 aliphatic heterocycles. The minimum absolute atomic E-state index is 0.759. The van der Waals surface area contributed by atoms with Crippen molar-refractivity contribution in [1.82, 2.24) is 15.0 Å². The van der Waals surface area contributed by atoms with Crippen LogP contribution in [-0.2, 0) is 13.0 Å². The van der Waals surface area contributed by atoms with Crippen LogP contribution in [0.25, 0.3) is 0 Å². The van der Waals surface area contributed by atoms with E-state index in [0.29, 0.717) is 0 Å². The highest BCUT2D eigenvalue weighted by molar-refractivity contribution is 4.90. The summed E-state index contributed by atoms with van der Waals surface area (Å²) in [6, 6.07) is 0. The Hall–Kier alpha value is -0.900. The predicted molar refractivity (Wildman–Crippen MR) is 59.0 cm³/mol. The monoisotopic (exact) mass is 198 g/mol. The van der Waals surface area contributed by atoms with Gasteiger partial charge in [-0.15, -0.1) is 5.10 Å². The smallest absolute Gasteiger partial charge is 0.0824 e. The summed E-state index contributed by atoms with van der Waals surface area (Å²) < 4.78 is 1.88. The van der Waals surface area contributed by atoms with Crippen molar-refractivity contribution in [2.75, 3.05) is 6.54 Å². The van der Waals surface area contributed by atoms with E-state index >= 15 is 0 Å². The maximum absolute atomic E-state index is 5.38. The van der Waals surface area contributed by atoms with Crippen molar-refractivity contribution in [3.05, 3.63) is 11.9 Å². The van der Waals surface area contributed by atoms with Crippen LogP contribution in [0.3, 0.4) is 0 Å². The van der Waals surface area contributed by atoms with Crippen LogP contribution in [0, 0.1) is 0 Å². The lowest BCUT2D eigenvalue weighted by Crippen LogP contribution is -2.03. The normalized spacial score (nSPS) is 9.43. The predicted octanol–water partition coefficient (Wildman–Crippen LogP) is 1.61. The molecule has 0 radical (unpaired) electrons. The Morgan fingerprint density at radius 1 is 1.36 bits per heavy atom. The molecule has 82 valence electrons. The first kappa shape index (κ1) is 13.1. The van der Waals surface area contributed by atoms with Crippen LogP contribution in [0.4, 0.5) is 0 Å². The summed E-state index contributed by atoms with van der Waals surface area (Å²) in [4.78, 5) is 0. The Kier molecular flexibility index (Phi) is 8.13. The molecular weight excluding hydrogens is 176 g/mol. The molecule has 0 amide bonds. The number of rotatable bonds is 5. The van der Waals surface area contributed by atoms with Crippen molar-refractivity contribution in [2.24, 2.45) is 5.73 Å². The average Bonchev–Trinajstić information content (AvgIpc) is 2.69. The largest absolute Gasteiger partial charge is 0.330 e. The first-order valence-corrected chi connectivity index (χ1v) is 5.46. The van der Waals surface area contributed by atoms with Gasteiger partial charge in [-0.05, 0) is 25.8 Å². The third kappa shape index (κ3) is 4.97. The van der Waals surface area contributed by atoms with E-state index in [2.05, 4.69) is 17.2 Å². The fourth-order valence-electron chi connectivity index (χ4n) is 1.03. The Labute approximate surface area is 86.5 Å². The maximum Gasteiger partial charge on any atom is 0.0824 e. The zero-order valence-corrected chi connectivity index (χ0v) is 9.53. The van der Waals surface area contributed by atoms with Crippen LogP contribution in [-0.4, -0.2) is 21.5 Å². The molecule has 0 spiro atoms. The topological polar surface area (TPSA) is 56.7 Å². The summed E-state index contributed by atoms with van der Waals surface area (Å²) in [6.45, 7) is 7.77. The Balaban J connectivity index is 0.000000791. The summed E-state index contributed by atoms with van der Waals surface area (Å²) in [6.07, 6.45) is 5.09. The molecule has 0 aliphatic rings. The first-order valence-electron chi connectivity index (χ1n) is 5.46. The van der Waals surface area contributed by atoms with E-state index in [9.17, 15) is 0 Å². The van der Waals surface area contributed by atoms with Crippen molar-refractivity contribution in [3.8, 4) is 0 Å². The lowest BCUT2D eigenvalue weighted by atomic mass is 10.3. The van der Waals surface area contributed by atoms with Crippen molar-refractivity contribution in [1.29, 1.82) is 0 Å². The second-order valence-corrected chi connectivity index (χ2v) is 2.82. The Morgan fingerprint density at radius 3 is 2.57 bits per heavy atom. The number of hydrogen-bond acceptors (Lipinski definition) is 3. The molecule has 2 N–H and O–H groups in total. The van der Waals surface area contributed by atoms with E-state index in [1.807, 2.05) is 24.7 Å². The van der Waals surface area contributed by atoms with Gasteiger partial charge >= 0.3 is 0 Å². The van der Waals surface area contributed by atoms with E-state index in [4.69, 9.17) is 5.73 Å². The number of hydrogen-bond donors (Lipinski definition) is 1. The molecule has 0 saturated carbocycles. The lowest BCUT2D eigenvalue weighted by Gasteiger charge is -1.97. The van der Waals surface area contributed by atoms with Gasteiger partial charge in [0.1, 0.15) is 0 Å². The van der Waals surface area contributed by atoms with Gasteiger partial charge in [-0.2, -0.15) is 0 Å². The number of unbranched alkanes of at least 4 members (excludes halogenated alkanes) is 1. The highest BCUT2D eigenvalue weighted by Gasteiger charge is 1.96. The van der Waals surface area contributed by atoms with E-state index in [1.165, 1.54) is 0 Å². The molecule has 0 aliphatic carbocycles. The van der Waals surface area contributed by atoms with E-state index < -0.39 is 0 Å². The maximum atomic E-state index is 5.38. The molecule has 4 nitrogen and oxygen atoms in total. The van der Waals surface area contributed by atoms with Gasteiger partial charge in [0.05, 0.1) is 5.69 Å². The standard InChI is InChI=1S/C8H16N4.C2H6/c1-2-8-7-12(11-10-8)6-4-3-5-9;1-2/h7H,2-6,9H2,1H3;1-2H3. The number of nitrogens with two attached hydrogens (primary N) is 1. The molecule has 0 unspecified atom stereocenters. The van der Waals surface area contributed by atoms with Crippen LogP contribution in [0.5, 0.6) is 0 Å². The summed E-state index contributed by atoms with van der Waals surface area (Å²) in [5.41, 5.74) is 6.44. The minimum atomic E-state index is 0.759. The minimum Gasteiger partial charge on any atom is -0.330 e. The van der Waals surface area contributed by atoms with Crippen molar-refractivity contribution in [2.45, 2.75) is 46.6 Å². The Bertz CT molecular complexity index is 220. The van der Waals surface area contributed by atoms with Gasteiger partial charge in [0.2, 0.25) is 0 Å². The quantitative estimate of drug-likeness (QED) is 0.731. The fourth-order valence-corrected chi connectivity index (χ4v) is 1.03. The van der Waals surface area contributed by atoms with Gasteiger partial charge in [-0.25, -0.2) is 0 Å². The van der Waals surface area contributed by atoms with Crippen molar-refractivity contribution < 1.29 is 0 Å². The molecule has 1 aromatic heterocycles. The van der Waals surface area contributed by atoms with E-state index in [0.717, 1.165) is 38.0 Å². The molecule has 1 rings (SSSR count). The summed E-state index contributed by atoms with van der Waals surface area (Å²) in [5.74, 6) is 0. The summed E-state index contributed by atoms with van der Waals surface area (Å²) in [5, 5.41) is 7.98. The van der Waals surface area contributed by atoms with E-state index in [1.54, 1.807) is 0 Å². The molecule has 0 saturated heterocycles. The van der Waals surface area contributed by atoms with Crippen LogP contribution in [0.2, 0.25) is 0 Å². The van der Waals surface area contributed by atoms with Crippen LogP contribution in [0.15, 0.2) is 6.20 Å².